The lowest BCUT2D eigenvalue weighted by Gasteiger charge is -2.30. The van der Waals surface area contributed by atoms with Crippen molar-refractivity contribution >= 4 is 60.7 Å². The molecule has 1 unspecified atom stereocenters. The molecule has 0 spiro atoms. The maximum Gasteiger partial charge on any atom is 0.0543 e. The van der Waals surface area contributed by atoms with Crippen LogP contribution in [0.2, 0.25) is 0 Å². The zero-order chi connectivity index (χ0) is 41.9. The van der Waals surface area contributed by atoms with Crippen LogP contribution in [-0.2, 0) is 12.8 Å². The molecule has 2 aromatic heterocycles. The van der Waals surface area contributed by atoms with Gasteiger partial charge in [0.2, 0.25) is 0 Å². The summed E-state index contributed by atoms with van der Waals surface area (Å²) in [6.07, 6.45) is 16.5. The molecule has 2 heterocycles. The lowest BCUT2D eigenvalue weighted by molar-refractivity contribution is 0.963. The summed E-state index contributed by atoms with van der Waals surface area (Å²) in [5.74, 6) is 0.293. The minimum absolute atomic E-state index is 0.293. The van der Waals surface area contributed by atoms with Crippen LogP contribution in [0.4, 0.5) is 11.4 Å². The highest BCUT2D eigenvalue weighted by Crippen LogP contribution is 2.52. The highest BCUT2D eigenvalue weighted by molar-refractivity contribution is 7.19. The maximum atomic E-state index is 4.19. The van der Waals surface area contributed by atoms with Crippen LogP contribution in [-0.4, -0.2) is 4.57 Å². The molecule has 2 aliphatic rings. The summed E-state index contributed by atoms with van der Waals surface area (Å²) in [6.45, 7) is 21.0. The fraction of sp³-hybridized carbons (Fsp3) is 0.158. The molecule has 10 rings (SSSR count). The number of thiophene rings is 1. The summed E-state index contributed by atoms with van der Waals surface area (Å²) in [5.41, 5.74) is 17.9. The third-order valence-electron chi connectivity index (χ3n) is 11.9. The molecule has 0 bridgehead atoms. The van der Waals surface area contributed by atoms with E-state index < -0.39 is 0 Å². The molecule has 8 aromatic rings. The molecule has 2 nitrogen and oxygen atoms in total. The number of nitrogens with zero attached hydrogens (tertiary/aromatic N) is 2. The van der Waals surface area contributed by atoms with Gasteiger partial charge in [-0.1, -0.05) is 131 Å². The van der Waals surface area contributed by atoms with Gasteiger partial charge in [-0.15, -0.1) is 24.5 Å². The van der Waals surface area contributed by atoms with E-state index in [0.717, 1.165) is 30.6 Å². The van der Waals surface area contributed by atoms with E-state index in [9.17, 15) is 0 Å². The van der Waals surface area contributed by atoms with Crippen LogP contribution in [0.15, 0.2) is 177 Å². The predicted octanol–water partition coefficient (Wildman–Crippen LogP) is 16.5. The Morgan fingerprint density at radius 3 is 2.32 bits per heavy atom. The number of hydrogen-bond acceptors (Lipinski definition) is 2. The van der Waals surface area contributed by atoms with Crippen LogP contribution < -0.4 is 4.90 Å². The lowest BCUT2D eigenvalue weighted by Crippen LogP contribution is -2.18. The van der Waals surface area contributed by atoms with Crippen molar-refractivity contribution in [3.63, 3.8) is 0 Å². The van der Waals surface area contributed by atoms with Crippen molar-refractivity contribution in [2.45, 2.75) is 59.8 Å². The Hall–Kier alpha value is -6.42. The largest absolute Gasteiger partial charge is 0.310 e. The Morgan fingerprint density at radius 1 is 0.800 bits per heavy atom. The van der Waals surface area contributed by atoms with Gasteiger partial charge < -0.3 is 9.47 Å². The number of anilines is 2. The number of para-hydroxylation sites is 3. The molecule has 0 amide bonds. The standard InChI is InChI=1S/C53H44N2S.C2H6.C2H4/c1-5-15-38(21-14-18-37-26-28-43-42-22-9-11-24-47(42)55(48(43)32-37)39-19-7-6-8-20-39)54(53-34(2)16-13-17-35(53)3)40-27-29-41-44-30-31-50-52(51(44)36(4)46(41)33-40)45-23-10-12-25-49(45)56-50;2*1-2/h5-11,13-17,19-24,26-33,36H,1,12,18,25H2,2-4H3;1-2H3;1-2H2/b21-14-,38-15+;;. The molecule has 0 aliphatic heterocycles. The molecule has 0 saturated heterocycles. The molecule has 0 radical (unpaired) electrons. The highest BCUT2D eigenvalue weighted by Gasteiger charge is 2.31. The average Bonchev–Trinajstić information content (AvgIpc) is 3.93. The zero-order valence-electron chi connectivity index (χ0n) is 35.6. The molecule has 2 aliphatic carbocycles. The molecule has 298 valence electrons. The SMILES string of the molecule is C=C.C=C/C=C(\C=C/Cc1ccc2c3ccccc3n(-c3ccccc3)c2c1)N(c1ccc2c(c1)C(C)c1c-2ccc2sc3c(c12)C=CCC3)c1c(C)cccc1C.CC. The average molecular weight is 799 g/mol. The van der Waals surface area contributed by atoms with E-state index in [-0.39, 0.29) is 0 Å². The molecular weight excluding hydrogens is 745 g/mol. The second-order valence-electron chi connectivity index (χ2n) is 15.3. The maximum absolute atomic E-state index is 4.19. The lowest BCUT2D eigenvalue weighted by atomic mass is 9.92. The van der Waals surface area contributed by atoms with Crippen LogP contribution in [0, 0.1) is 13.8 Å². The molecule has 0 fully saturated rings. The monoisotopic (exact) mass is 798 g/mol. The molecule has 60 heavy (non-hydrogen) atoms. The first kappa shape index (κ1) is 40.4. The summed E-state index contributed by atoms with van der Waals surface area (Å²) in [7, 11) is 0. The minimum atomic E-state index is 0.293. The summed E-state index contributed by atoms with van der Waals surface area (Å²) >= 11 is 1.99. The van der Waals surface area contributed by atoms with Crippen molar-refractivity contribution in [2.75, 3.05) is 4.90 Å². The number of aryl methyl sites for hydroxylation is 3. The van der Waals surface area contributed by atoms with E-state index in [1.165, 1.54) is 92.7 Å². The smallest absolute Gasteiger partial charge is 0.0543 e. The first-order valence-electron chi connectivity index (χ1n) is 21.3. The normalized spacial score (nSPS) is 14.0. The van der Waals surface area contributed by atoms with Gasteiger partial charge in [-0.3, -0.25) is 0 Å². The van der Waals surface area contributed by atoms with E-state index in [4.69, 9.17) is 0 Å². The second-order valence-corrected chi connectivity index (χ2v) is 16.5. The van der Waals surface area contributed by atoms with Gasteiger partial charge in [0.1, 0.15) is 0 Å². The van der Waals surface area contributed by atoms with E-state index in [0.29, 0.717) is 5.92 Å². The van der Waals surface area contributed by atoms with E-state index in [1.54, 1.807) is 0 Å². The Labute approximate surface area is 360 Å². The van der Waals surface area contributed by atoms with E-state index in [1.807, 2.05) is 31.3 Å². The van der Waals surface area contributed by atoms with Gasteiger partial charge >= 0.3 is 0 Å². The summed E-state index contributed by atoms with van der Waals surface area (Å²) in [5, 5.41) is 4.01. The van der Waals surface area contributed by atoms with Crippen LogP contribution >= 0.6 is 11.3 Å². The zero-order valence-corrected chi connectivity index (χ0v) is 36.5. The van der Waals surface area contributed by atoms with Crippen LogP contribution in [0.5, 0.6) is 0 Å². The van der Waals surface area contributed by atoms with Crippen molar-refractivity contribution in [3.8, 4) is 16.8 Å². The minimum Gasteiger partial charge on any atom is -0.310 e. The molecule has 0 N–H and O–H groups in total. The second kappa shape index (κ2) is 17.4. The van der Waals surface area contributed by atoms with Gasteiger partial charge in [-0.25, -0.2) is 0 Å². The van der Waals surface area contributed by atoms with Gasteiger partial charge in [0.15, 0.2) is 0 Å². The Kier molecular flexibility index (Phi) is 11.7. The first-order valence-corrected chi connectivity index (χ1v) is 22.1. The number of fused-ring (bicyclic) bond motifs is 10. The van der Waals surface area contributed by atoms with Crippen molar-refractivity contribution in [1.29, 1.82) is 0 Å². The number of aromatic nitrogens is 1. The van der Waals surface area contributed by atoms with Gasteiger partial charge in [-0.05, 0) is 132 Å². The molecule has 0 saturated carbocycles. The van der Waals surface area contributed by atoms with Crippen LogP contribution in [0.1, 0.15) is 71.4 Å². The quantitative estimate of drug-likeness (QED) is 0.110. The number of rotatable bonds is 8. The number of hydrogen-bond donors (Lipinski definition) is 0. The van der Waals surface area contributed by atoms with E-state index >= 15 is 0 Å². The van der Waals surface area contributed by atoms with Gasteiger partial charge in [0, 0.05) is 48.7 Å². The number of allylic oxidation sites excluding steroid dienone is 5. The fourth-order valence-electron chi connectivity index (χ4n) is 9.41. The molecule has 3 heteroatoms. The molecule has 6 aromatic carbocycles. The van der Waals surface area contributed by atoms with Gasteiger partial charge in [-0.2, -0.15) is 0 Å². The Balaban J connectivity index is 0.00000121. The third kappa shape index (κ3) is 6.97. The Morgan fingerprint density at radius 2 is 1.53 bits per heavy atom. The summed E-state index contributed by atoms with van der Waals surface area (Å²) < 4.78 is 3.81. The van der Waals surface area contributed by atoms with Gasteiger partial charge in [0.05, 0.1) is 16.7 Å². The molecular formula is C57H54N2S. The van der Waals surface area contributed by atoms with Crippen molar-refractivity contribution in [1.82, 2.24) is 4.57 Å². The highest BCUT2D eigenvalue weighted by atomic mass is 32.1. The first-order chi connectivity index (χ1) is 29.5. The van der Waals surface area contributed by atoms with Gasteiger partial charge in [0.25, 0.3) is 0 Å². The van der Waals surface area contributed by atoms with Crippen molar-refractivity contribution in [2.24, 2.45) is 0 Å². The number of benzene rings is 6. The van der Waals surface area contributed by atoms with Crippen LogP contribution in [0.25, 0.3) is 54.8 Å². The topological polar surface area (TPSA) is 8.17 Å². The van der Waals surface area contributed by atoms with Crippen LogP contribution in [0.3, 0.4) is 0 Å². The summed E-state index contributed by atoms with van der Waals surface area (Å²) in [4.78, 5) is 3.98. The Bertz CT molecular complexity index is 2950. The third-order valence-corrected chi connectivity index (χ3v) is 13.2. The summed E-state index contributed by atoms with van der Waals surface area (Å²) in [6, 6.07) is 44.8. The van der Waals surface area contributed by atoms with E-state index in [2.05, 4.69) is 202 Å². The predicted molar refractivity (Wildman–Crippen MR) is 265 cm³/mol. The molecule has 1 atom stereocenters. The van der Waals surface area contributed by atoms with Crippen molar-refractivity contribution in [3.05, 3.63) is 215 Å². The van der Waals surface area contributed by atoms with Crippen molar-refractivity contribution < 1.29 is 0 Å². The fourth-order valence-corrected chi connectivity index (χ4v) is 10.6.